The quantitative estimate of drug-likeness (QED) is 0.820. The summed E-state index contributed by atoms with van der Waals surface area (Å²) in [7, 11) is -2.27. The number of anilines is 2. The van der Waals surface area contributed by atoms with Crippen molar-refractivity contribution in [1.29, 1.82) is 0 Å². The van der Waals surface area contributed by atoms with Crippen LogP contribution in [0.4, 0.5) is 15.9 Å². The van der Waals surface area contributed by atoms with Crippen molar-refractivity contribution >= 4 is 44.5 Å². The Morgan fingerprint density at radius 2 is 2.29 bits per heavy atom. The summed E-state index contributed by atoms with van der Waals surface area (Å²) in [4.78, 5) is 5.21. The van der Waals surface area contributed by atoms with Gasteiger partial charge < -0.3 is 10.2 Å². The molecule has 3 rings (SSSR count). The molecule has 2 heterocycles. The van der Waals surface area contributed by atoms with Gasteiger partial charge in [-0.25, -0.2) is 17.8 Å². The first kappa shape index (κ1) is 17.4. The molecule has 6 nitrogen and oxygen atoms in total. The standard InChI is InChI=1S/C14H16ClFN4O2S2/c1-20(9-2-3-17-6-9)12-5-11(16)13(4-10(12)15)24(21,22)19-14-7-23-8-18-14/h4-5,7-9,17,19H,2-3,6H2,1H3. The molecule has 1 aromatic heterocycles. The van der Waals surface area contributed by atoms with E-state index >= 15 is 0 Å². The number of halogens is 2. The molecule has 2 N–H and O–H groups in total. The Hall–Kier alpha value is -1.42. The Morgan fingerprint density at radius 1 is 1.50 bits per heavy atom. The molecule has 130 valence electrons. The van der Waals surface area contributed by atoms with Crippen LogP contribution in [0.5, 0.6) is 0 Å². The minimum absolute atomic E-state index is 0.147. The Balaban J connectivity index is 1.92. The van der Waals surface area contributed by atoms with Gasteiger partial charge in [-0.3, -0.25) is 4.72 Å². The zero-order chi connectivity index (χ0) is 17.3. The minimum atomic E-state index is -4.09. The van der Waals surface area contributed by atoms with Crippen LogP contribution in [-0.2, 0) is 10.0 Å². The molecule has 1 aliphatic heterocycles. The number of nitrogens with one attached hydrogen (secondary N) is 2. The summed E-state index contributed by atoms with van der Waals surface area (Å²) < 4.78 is 41.4. The molecule has 0 radical (unpaired) electrons. The molecular formula is C14H16ClFN4O2S2. The van der Waals surface area contributed by atoms with Crippen molar-refractivity contribution in [3.63, 3.8) is 0 Å². The number of thiazole rings is 1. The number of rotatable bonds is 5. The van der Waals surface area contributed by atoms with Crippen molar-refractivity contribution in [1.82, 2.24) is 10.3 Å². The van der Waals surface area contributed by atoms with Gasteiger partial charge in [0.15, 0.2) is 5.82 Å². The number of likely N-dealkylation sites (N-methyl/N-ethyl adjacent to an activating group) is 1. The van der Waals surface area contributed by atoms with Crippen LogP contribution in [0.2, 0.25) is 5.02 Å². The average Bonchev–Trinajstić information content (AvgIpc) is 3.21. The fourth-order valence-corrected chi connectivity index (χ4v) is 4.62. The summed E-state index contributed by atoms with van der Waals surface area (Å²) in [5.74, 6) is -0.705. The second-order valence-corrected chi connectivity index (χ2v) is 8.25. The molecule has 0 spiro atoms. The van der Waals surface area contributed by atoms with E-state index in [0.29, 0.717) is 5.69 Å². The molecule has 1 saturated heterocycles. The Bertz CT molecular complexity index is 824. The van der Waals surface area contributed by atoms with Gasteiger partial charge >= 0.3 is 0 Å². The van der Waals surface area contributed by atoms with E-state index in [2.05, 4.69) is 15.0 Å². The topological polar surface area (TPSA) is 74.3 Å². The monoisotopic (exact) mass is 390 g/mol. The predicted octanol–water partition coefficient (Wildman–Crippen LogP) is 2.53. The molecule has 10 heteroatoms. The Labute approximate surface area is 148 Å². The zero-order valence-corrected chi connectivity index (χ0v) is 15.2. The van der Waals surface area contributed by atoms with E-state index in [1.807, 2.05) is 11.9 Å². The maximum absolute atomic E-state index is 14.5. The summed E-state index contributed by atoms with van der Waals surface area (Å²) >= 11 is 7.46. The first-order valence-electron chi connectivity index (χ1n) is 7.22. The normalized spacial score (nSPS) is 17.9. The van der Waals surface area contributed by atoms with Crippen LogP contribution in [0.25, 0.3) is 0 Å². The fourth-order valence-electron chi connectivity index (χ4n) is 2.62. The van der Waals surface area contributed by atoms with Crippen LogP contribution in [0.15, 0.2) is 27.9 Å². The lowest BCUT2D eigenvalue weighted by Gasteiger charge is -2.27. The highest BCUT2D eigenvalue weighted by Crippen LogP contribution is 2.32. The van der Waals surface area contributed by atoms with Gasteiger partial charge in [0.1, 0.15) is 10.7 Å². The summed E-state index contributed by atoms with van der Waals surface area (Å²) in [6.07, 6.45) is 0.917. The van der Waals surface area contributed by atoms with Gasteiger partial charge in [0, 0.05) is 31.1 Å². The van der Waals surface area contributed by atoms with Crippen LogP contribution in [0.1, 0.15) is 6.42 Å². The highest BCUT2D eigenvalue weighted by atomic mass is 35.5. The van der Waals surface area contributed by atoms with Crippen molar-refractivity contribution < 1.29 is 12.8 Å². The summed E-state index contributed by atoms with van der Waals surface area (Å²) in [6, 6.07) is 2.49. The first-order valence-corrected chi connectivity index (χ1v) is 10.0. The highest BCUT2D eigenvalue weighted by Gasteiger charge is 2.26. The van der Waals surface area contributed by atoms with E-state index in [4.69, 9.17) is 11.6 Å². The molecule has 1 aliphatic rings. The maximum atomic E-state index is 14.5. The van der Waals surface area contributed by atoms with Gasteiger partial charge in [-0.05, 0) is 19.0 Å². The molecule has 0 amide bonds. The van der Waals surface area contributed by atoms with Crippen molar-refractivity contribution in [2.45, 2.75) is 17.4 Å². The number of aromatic nitrogens is 1. The molecule has 1 fully saturated rings. The van der Waals surface area contributed by atoms with Crippen LogP contribution >= 0.6 is 22.9 Å². The molecule has 0 aliphatic carbocycles. The van der Waals surface area contributed by atoms with Gasteiger partial charge in [0.25, 0.3) is 10.0 Å². The number of sulfonamides is 1. The van der Waals surface area contributed by atoms with Gasteiger partial charge in [0.05, 0.1) is 16.2 Å². The second-order valence-electron chi connectivity index (χ2n) is 5.47. The lowest BCUT2D eigenvalue weighted by atomic mass is 10.2. The van der Waals surface area contributed by atoms with Gasteiger partial charge in [0.2, 0.25) is 0 Å². The van der Waals surface area contributed by atoms with Gasteiger partial charge in [-0.15, -0.1) is 11.3 Å². The molecule has 2 aromatic rings. The van der Waals surface area contributed by atoms with Crippen LogP contribution < -0.4 is 14.9 Å². The predicted molar refractivity (Wildman–Crippen MR) is 94.0 cm³/mol. The lowest BCUT2D eigenvalue weighted by Crippen LogP contribution is -2.33. The van der Waals surface area contributed by atoms with Crippen LogP contribution in [0.3, 0.4) is 0 Å². The van der Waals surface area contributed by atoms with Crippen LogP contribution in [0, 0.1) is 5.82 Å². The third-order valence-corrected chi connectivity index (χ3v) is 6.18. The summed E-state index contributed by atoms with van der Waals surface area (Å²) in [5.41, 5.74) is 1.95. The molecule has 24 heavy (non-hydrogen) atoms. The number of benzene rings is 1. The molecule has 1 aromatic carbocycles. The molecular weight excluding hydrogens is 375 g/mol. The average molecular weight is 391 g/mol. The van der Waals surface area contributed by atoms with Crippen molar-refractivity contribution in [3.8, 4) is 0 Å². The van der Waals surface area contributed by atoms with E-state index in [1.54, 1.807) is 0 Å². The third-order valence-electron chi connectivity index (χ3n) is 3.92. The highest BCUT2D eigenvalue weighted by molar-refractivity contribution is 7.92. The van der Waals surface area contributed by atoms with E-state index in [0.717, 1.165) is 31.6 Å². The minimum Gasteiger partial charge on any atom is -0.369 e. The van der Waals surface area contributed by atoms with E-state index in [1.165, 1.54) is 22.2 Å². The smallest absolute Gasteiger partial charge is 0.266 e. The first-order chi connectivity index (χ1) is 11.4. The molecule has 0 saturated carbocycles. The van der Waals surface area contributed by atoms with Crippen molar-refractivity contribution in [3.05, 3.63) is 33.9 Å². The molecule has 0 bridgehead atoms. The maximum Gasteiger partial charge on any atom is 0.266 e. The van der Waals surface area contributed by atoms with Crippen molar-refractivity contribution in [2.24, 2.45) is 0 Å². The Morgan fingerprint density at radius 3 is 2.92 bits per heavy atom. The third kappa shape index (κ3) is 3.49. The summed E-state index contributed by atoms with van der Waals surface area (Å²) in [5, 5.41) is 4.93. The fraction of sp³-hybridized carbons (Fsp3) is 0.357. The molecule has 1 unspecified atom stereocenters. The van der Waals surface area contributed by atoms with E-state index in [9.17, 15) is 12.8 Å². The van der Waals surface area contributed by atoms with Gasteiger partial charge in [-0.2, -0.15) is 0 Å². The van der Waals surface area contributed by atoms with Crippen molar-refractivity contribution in [2.75, 3.05) is 29.8 Å². The van der Waals surface area contributed by atoms with E-state index in [-0.39, 0.29) is 16.9 Å². The second kappa shape index (κ2) is 6.83. The van der Waals surface area contributed by atoms with Crippen LogP contribution in [-0.4, -0.2) is 39.6 Å². The van der Waals surface area contributed by atoms with E-state index < -0.39 is 20.7 Å². The number of hydrogen-bond donors (Lipinski definition) is 2. The van der Waals surface area contributed by atoms with Gasteiger partial charge in [-0.1, -0.05) is 11.6 Å². The Kier molecular flexibility index (Phi) is 4.95. The number of hydrogen-bond acceptors (Lipinski definition) is 6. The largest absolute Gasteiger partial charge is 0.369 e. The number of nitrogens with zero attached hydrogens (tertiary/aromatic N) is 2. The SMILES string of the molecule is CN(c1cc(F)c(S(=O)(=O)Nc2cscn2)cc1Cl)C1CCNC1. The molecule has 1 atom stereocenters. The lowest BCUT2D eigenvalue weighted by molar-refractivity contribution is 0.569. The zero-order valence-electron chi connectivity index (χ0n) is 12.8. The summed E-state index contributed by atoms with van der Waals surface area (Å²) in [6.45, 7) is 1.67.